The molecule has 3 aromatic rings. The third kappa shape index (κ3) is 4.18. The number of hydrogen-bond acceptors (Lipinski definition) is 5. The van der Waals surface area contributed by atoms with Crippen LogP contribution >= 0.6 is 11.6 Å². The van der Waals surface area contributed by atoms with Crippen molar-refractivity contribution in [1.82, 2.24) is 14.5 Å². The van der Waals surface area contributed by atoms with Gasteiger partial charge in [-0.05, 0) is 50.2 Å². The Balaban J connectivity index is 1.92. The van der Waals surface area contributed by atoms with E-state index < -0.39 is 16.1 Å². The number of methoxy groups -OCH3 is 1. The maximum absolute atomic E-state index is 12.8. The van der Waals surface area contributed by atoms with Gasteiger partial charge in [0, 0.05) is 17.3 Å². The van der Waals surface area contributed by atoms with Crippen LogP contribution in [0.2, 0.25) is 5.02 Å². The van der Waals surface area contributed by atoms with Crippen molar-refractivity contribution in [2.45, 2.75) is 24.8 Å². The van der Waals surface area contributed by atoms with E-state index in [0.717, 1.165) is 11.4 Å². The van der Waals surface area contributed by atoms with Crippen LogP contribution in [0.4, 0.5) is 0 Å². The number of aryl methyl sites for hydroxylation is 2. The SMILES string of the molecule is COc1ccc(Cl)cc1S(=O)(=O)NCC(c1ccco1)n1nc(C)cc1C. The molecule has 144 valence electrons. The van der Waals surface area contributed by atoms with E-state index in [1.54, 1.807) is 29.1 Å². The van der Waals surface area contributed by atoms with Gasteiger partial charge in [-0.3, -0.25) is 4.68 Å². The zero-order valence-electron chi connectivity index (χ0n) is 15.1. The summed E-state index contributed by atoms with van der Waals surface area (Å²) in [6.07, 6.45) is 1.54. The Hall–Kier alpha value is -2.29. The molecule has 1 aromatic carbocycles. The second kappa shape index (κ2) is 7.75. The van der Waals surface area contributed by atoms with Crippen molar-refractivity contribution in [3.8, 4) is 5.75 Å². The van der Waals surface area contributed by atoms with Crippen LogP contribution in [-0.4, -0.2) is 31.9 Å². The normalized spacial score (nSPS) is 12.9. The van der Waals surface area contributed by atoms with Gasteiger partial charge in [0.05, 0.1) is 19.1 Å². The predicted molar refractivity (Wildman–Crippen MR) is 102 cm³/mol. The Kier molecular flexibility index (Phi) is 5.59. The highest BCUT2D eigenvalue weighted by molar-refractivity contribution is 7.89. The van der Waals surface area contributed by atoms with Gasteiger partial charge in [0.25, 0.3) is 0 Å². The minimum atomic E-state index is -3.87. The standard InChI is InChI=1S/C18H20ClN3O4S/c1-12-9-13(2)22(21-12)15(16-5-4-8-26-16)11-20-27(23,24)18-10-14(19)6-7-17(18)25-3/h4-10,15,20H,11H2,1-3H3. The van der Waals surface area contributed by atoms with E-state index in [0.29, 0.717) is 10.8 Å². The predicted octanol–water partition coefficient (Wildman–Crippen LogP) is 3.32. The van der Waals surface area contributed by atoms with Crippen LogP contribution in [0.25, 0.3) is 0 Å². The van der Waals surface area contributed by atoms with Crippen molar-refractivity contribution in [3.05, 3.63) is 64.8 Å². The molecule has 7 nitrogen and oxygen atoms in total. The summed E-state index contributed by atoms with van der Waals surface area (Å²) in [4.78, 5) is -0.0240. The lowest BCUT2D eigenvalue weighted by Gasteiger charge is -2.18. The third-order valence-electron chi connectivity index (χ3n) is 4.09. The van der Waals surface area contributed by atoms with Crippen molar-refractivity contribution in [2.24, 2.45) is 0 Å². The summed E-state index contributed by atoms with van der Waals surface area (Å²) < 4.78 is 40.7. The van der Waals surface area contributed by atoms with Crippen LogP contribution in [0, 0.1) is 13.8 Å². The molecule has 0 bridgehead atoms. The number of benzene rings is 1. The van der Waals surface area contributed by atoms with Crippen LogP contribution in [0.15, 0.2) is 52.0 Å². The van der Waals surface area contributed by atoms with Crippen LogP contribution in [0.1, 0.15) is 23.2 Å². The summed E-state index contributed by atoms with van der Waals surface area (Å²) in [5.74, 6) is 0.814. The van der Waals surface area contributed by atoms with Crippen molar-refractivity contribution in [1.29, 1.82) is 0 Å². The van der Waals surface area contributed by atoms with Crippen molar-refractivity contribution in [2.75, 3.05) is 13.7 Å². The molecule has 0 aliphatic rings. The summed E-state index contributed by atoms with van der Waals surface area (Å²) in [5, 5.41) is 4.77. The molecule has 1 N–H and O–H groups in total. The van der Waals surface area contributed by atoms with Gasteiger partial charge in [0.2, 0.25) is 10.0 Å². The highest BCUT2D eigenvalue weighted by Crippen LogP contribution is 2.28. The summed E-state index contributed by atoms with van der Waals surface area (Å²) in [5.41, 5.74) is 1.73. The molecular formula is C18H20ClN3O4S. The Bertz CT molecular complexity index is 1030. The first-order chi connectivity index (χ1) is 12.8. The molecule has 9 heteroatoms. The van der Waals surface area contributed by atoms with Gasteiger partial charge >= 0.3 is 0 Å². The number of halogens is 1. The van der Waals surface area contributed by atoms with E-state index in [-0.39, 0.29) is 17.2 Å². The minimum absolute atomic E-state index is 0.0240. The summed E-state index contributed by atoms with van der Waals surface area (Å²) in [6.45, 7) is 3.83. The maximum Gasteiger partial charge on any atom is 0.244 e. The van der Waals surface area contributed by atoms with E-state index in [1.807, 2.05) is 19.9 Å². The van der Waals surface area contributed by atoms with Crippen LogP contribution in [-0.2, 0) is 10.0 Å². The molecule has 0 saturated heterocycles. The minimum Gasteiger partial charge on any atom is -0.495 e. The van der Waals surface area contributed by atoms with Gasteiger partial charge in [-0.1, -0.05) is 11.6 Å². The van der Waals surface area contributed by atoms with Crippen LogP contribution < -0.4 is 9.46 Å². The van der Waals surface area contributed by atoms with E-state index in [1.165, 1.54) is 19.2 Å². The molecule has 2 heterocycles. The first-order valence-electron chi connectivity index (χ1n) is 8.21. The Labute approximate surface area is 162 Å². The lowest BCUT2D eigenvalue weighted by atomic mass is 10.2. The molecule has 0 fully saturated rings. The third-order valence-corrected chi connectivity index (χ3v) is 5.77. The molecule has 1 atom stereocenters. The van der Waals surface area contributed by atoms with Gasteiger partial charge in [-0.15, -0.1) is 0 Å². The highest BCUT2D eigenvalue weighted by Gasteiger charge is 2.25. The molecule has 1 unspecified atom stereocenters. The zero-order valence-corrected chi connectivity index (χ0v) is 16.7. The second-order valence-electron chi connectivity index (χ2n) is 6.05. The molecule has 27 heavy (non-hydrogen) atoms. The fourth-order valence-electron chi connectivity index (χ4n) is 2.88. The Morgan fingerprint density at radius 1 is 1.30 bits per heavy atom. The first-order valence-corrected chi connectivity index (χ1v) is 10.1. The molecule has 2 aromatic heterocycles. The second-order valence-corrected chi connectivity index (χ2v) is 8.22. The Morgan fingerprint density at radius 3 is 2.67 bits per heavy atom. The molecule has 0 amide bonds. The van der Waals surface area contributed by atoms with Crippen molar-refractivity contribution < 1.29 is 17.6 Å². The highest BCUT2D eigenvalue weighted by atomic mass is 35.5. The number of nitrogens with one attached hydrogen (secondary N) is 1. The van der Waals surface area contributed by atoms with E-state index in [4.69, 9.17) is 20.8 Å². The number of furan rings is 1. The van der Waals surface area contributed by atoms with Gasteiger partial charge in [-0.2, -0.15) is 5.10 Å². The van der Waals surface area contributed by atoms with Gasteiger partial charge in [0.15, 0.2) is 0 Å². The topological polar surface area (TPSA) is 86.4 Å². The average Bonchev–Trinajstić information content (AvgIpc) is 3.25. The van der Waals surface area contributed by atoms with Gasteiger partial charge in [-0.25, -0.2) is 13.1 Å². The molecule has 0 spiro atoms. The smallest absolute Gasteiger partial charge is 0.244 e. The molecule has 0 aliphatic heterocycles. The molecule has 0 saturated carbocycles. The quantitative estimate of drug-likeness (QED) is 0.646. The summed E-state index contributed by atoms with van der Waals surface area (Å²) >= 11 is 5.97. The molecule has 3 rings (SSSR count). The number of nitrogens with zero attached hydrogens (tertiary/aromatic N) is 2. The van der Waals surface area contributed by atoms with Crippen molar-refractivity contribution in [3.63, 3.8) is 0 Å². The maximum atomic E-state index is 12.8. The van der Waals surface area contributed by atoms with E-state index in [9.17, 15) is 8.42 Å². The zero-order chi connectivity index (χ0) is 19.6. The number of ether oxygens (including phenoxy) is 1. The molecule has 0 radical (unpaired) electrons. The van der Waals surface area contributed by atoms with Crippen molar-refractivity contribution >= 4 is 21.6 Å². The van der Waals surface area contributed by atoms with Crippen LogP contribution in [0.3, 0.4) is 0 Å². The number of aromatic nitrogens is 2. The van der Waals surface area contributed by atoms with Gasteiger partial charge < -0.3 is 9.15 Å². The number of sulfonamides is 1. The van der Waals surface area contributed by atoms with E-state index >= 15 is 0 Å². The Morgan fingerprint density at radius 2 is 2.07 bits per heavy atom. The first kappa shape index (κ1) is 19.5. The summed E-state index contributed by atoms with van der Waals surface area (Å²) in [6, 6.07) is 9.47. The van der Waals surface area contributed by atoms with E-state index in [2.05, 4.69) is 9.82 Å². The molecular weight excluding hydrogens is 390 g/mol. The van der Waals surface area contributed by atoms with Gasteiger partial charge in [0.1, 0.15) is 22.4 Å². The summed E-state index contributed by atoms with van der Waals surface area (Å²) in [7, 11) is -2.46. The lowest BCUT2D eigenvalue weighted by molar-refractivity contribution is 0.393. The lowest BCUT2D eigenvalue weighted by Crippen LogP contribution is -2.32. The fourth-order valence-corrected chi connectivity index (χ4v) is 4.34. The largest absolute Gasteiger partial charge is 0.495 e. The molecule has 0 aliphatic carbocycles. The number of rotatable bonds is 7. The fraction of sp³-hybridized carbons (Fsp3) is 0.278. The average molecular weight is 410 g/mol. The number of hydrogen-bond donors (Lipinski definition) is 1. The van der Waals surface area contributed by atoms with Crippen LogP contribution in [0.5, 0.6) is 5.75 Å². The monoisotopic (exact) mass is 409 g/mol.